The Balaban J connectivity index is 1.66. The second-order valence-electron chi connectivity index (χ2n) is 5.66. The number of rotatable bonds is 5. The molecule has 0 radical (unpaired) electrons. The first kappa shape index (κ1) is 17.3. The number of ether oxygens (including phenoxy) is 1. The lowest BCUT2D eigenvalue weighted by molar-refractivity contribution is -0.386. The highest BCUT2D eigenvalue weighted by Gasteiger charge is 2.35. The van der Waals surface area contributed by atoms with E-state index in [1.54, 1.807) is 12.1 Å². The fourth-order valence-electron chi connectivity index (χ4n) is 2.77. The number of hydrogen-bond acceptors (Lipinski definition) is 7. The lowest BCUT2D eigenvalue weighted by Crippen LogP contribution is -2.34. The van der Waals surface area contributed by atoms with E-state index in [-0.39, 0.29) is 34.7 Å². The van der Waals surface area contributed by atoms with E-state index in [0.29, 0.717) is 0 Å². The van der Waals surface area contributed by atoms with Gasteiger partial charge in [-0.25, -0.2) is 9.69 Å². The van der Waals surface area contributed by atoms with Crippen LogP contribution in [0, 0.1) is 24.0 Å². The third-order valence-corrected chi connectivity index (χ3v) is 4.04. The molecule has 1 aliphatic heterocycles. The number of esters is 1. The molecule has 0 saturated heterocycles. The molecule has 2 heterocycles. The fourth-order valence-corrected chi connectivity index (χ4v) is 2.77. The van der Waals surface area contributed by atoms with Gasteiger partial charge in [-0.1, -0.05) is 12.1 Å². The maximum atomic E-state index is 12.2. The second-order valence-corrected chi connectivity index (χ2v) is 5.66. The van der Waals surface area contributed by atoms with Crippen molar-refractivity contribution in [3.05, 3.63) is 56.9 Å². The second kappa shape index (κ2) is 6.39. The van der Waals surface area contributed by atoms with Crippen LogP contribution in [-0.2, 0) is 16.1 Å². The number of amides is 2. The predicted octanol–water partition coefficient (Wildman–Crippen LogP) is 1.21. The van der Waals surface area contributed by atoms with Crippen LogP contribution in [0.1, 0.15) is 32.1 Å². The molecule has 2 aromatic rings. The highest BCUT2D eigenvalue weighted by molar-refractivity contribution is 6.21. The largest absolute Gasteiger partial charge is 0.442 e. The Bertz CT molecular complexity index is 913. The third kappa shape index (κ3) is 2.81. The first-order valence-corrected chi connectivity index (χ1v) is 7.60. The molecular weight excluding hydrogens is 344 g/mol. The van der Waals surface area contributed by atoms with E-state index in [9.17, 15) is 24.5 Å². The van der Waals surface area contributed by atoms with E-state index in [4.69, 9.17) is 4.74 Å². The van der Waals surface area contributed by atoms with Crippen LogP contribution in [0.3, 0.4) is 0 Å². The number of carbonyl (C=O) groups is 3. The molecule has 1 aliphatic rings. The van der Waals surface area contributed by atoms with Crippen molar-refractivity contribution in [1.29, 1.82) is 0 Å². The Morgan fingerprint density at radius 3 is 2.27 bits per heavy atom. The molecule has 134 valence electrons. The molecule has 2 amide bonds. The summed E-state index contributed by atoms with van der Waals surface area (Å²) < 4.78 is 6.13. The zero-order valence-electron chi connectivity index (χ0n) is 14.0. The minimum absolute atomic E-state index is 0.168. The molecular formula is C16H14N4O6. The van der Waals surface area contributed by atoms with Gasteiger partial charge >= 0.3 is 11.7 Å². The highest BCUT2D eigenvalue weighted by atomic mass is 16.6. The average Bonchev–Trinajstić information content (AvgIpc) is 3.00. The van der Waals surface area contributed by atoms with E-state index < -0.39 is 29.4 Å². The number of imide groups is 1. The number of aryl methyl sites for hydroxylation is 1. The average molecular weight is 358 g/mol. The summed E-state index contributed by atoms with van der Waals surface area (Å²) in [4.78, 5) is 47.6. The Morgan fingerprint density at radius 1 is 1.19 bits per heavy atom. The summed E-state index contributed by atoms with van der Waals surface area (Å²) in [5.74, 6) is -1.86. The fraction of sp³-hybridized carbons (Fsp3) is 0.250. The number of nitro groups is 1. The first-order chi connectivity index (χ1) is 12.3. The molecule has 0 N–H and O–H groups in total. The summed E-state index contributed by atoms with van der Waals surface area (Å²) in [5.41, 5.74) is 0.731. The molecule has 0 fully saturated rings. The number of fused-ring (bicyclic) bond motifs is 1. The first-order valence-electron chi connectivity index (χ1n) is 7.60. The Hall–Kier alpha value is -3.56. The minimum Gasteiger partial charge on any atom is -0.442 e. The molecule has 0 unspecified atom stereocenters. The van der Waals surface area contributed by atoms with Gasteiger partial charge < -0.3 is 4.74 Å². The lowest BCUT2D eigenvalue weighted by Gasteiger charge is -2.14. The maximum Gasteiger partial charge on any atom is 0.329 e. The Kier molecular flexibility index (Phi) is 4.24. The van der Waals surface area contributed by atoms with Gasteiger partial charge in [0, 0.05) is 0 Å². The summed E-state index contributed by atoms with van der Waals surface area (Å²) in [6, 6.07) is 6.31. The van der Waals surface area contributed by atoms with Gasteiger partial charge in [0.2, 0.25) is 0 Å². The van der Waals surface area contributed by atoms with Gasteiger partial charge in [-0.2, -0.15) is 5.10 Å². The Morgan fingerprint density at radius 2 is 1.77 bits per heavy atom. The van der Waals surface area contributed by atoms with Crippen LogP contribution in [0.15, 0.2) is 24.3 Å². The number of hydrogen-bond donors (Lipinski definition) is 0. The molecule has 1 aromatic heterocycles. The normalized spacial score (nSPS) is 13.1. The van der Waals surface area contributed by atoms with Crippen molar-refractivity contribution in [2.45, 2.75) is 20.4 Å². The predicted molar refractivity (Wildman–Crippen MR) is 86.3 cm³/mol. The van der Waals surface area contributed by atoms with Crippen molar-refractivity contribution in [3.63, 3.8) is 0 Å². The third-order valence-electron chi connectivity index (χ3n) is 4.04. The van der Waals surface area contributed by atoms with Crippen molar-refractivity contribution in [2.24, 2.45) is 0 Å². The van der Waals surface area contributed by atoms with Crippen LogP contribution in [0.4, 0.5) is 5.69 Å². The van der Waals surface area contributed by atoms with Gasteiger partial charge in [0.05, 0.1) is 16.1 Å². The number of carbonyl (C=O) groups excluding carboxylic acids is 3. The van der Waals surface area contributed by atoms with Crippen LogP contribution in [0.25, 0.3) is 0 Å². The zero-order chi connectivity index (χ0) is 19.0. The molecule has 0 atom stereocenters. The van der Waals surface area contributed by atoms with E-state index >= 15 is 0 Å². The summed E-state index contributed by atoms with van der Waals surface area (Å²) >= 11 is 0. The molecule has 10 heteroatoms. The summed E-state index contributed by atoms with van der Waals surface area (Å²) in [5, 5.41) is 14.9. The van der Waals surface area contributed by atoms with Crippen molar-refractivity contribution >= 4 is 23.5 Å². The van der Waals surface area contributed by atoms with Crippen molar-refractivity contribution in [1.82, 2.24) is 14.7 Å². The van der Waals surface area contributed by atoms with Crippen LogP contribution in [0.2, 0.25) is 0 Å². The standard InChI is InChI=1S/C16H14N4O6/c1-9-14(20(24)25)10(2)19(17-9)7-13(21)26-8-18-15(22)11-5-3-4-6-12(11)16(18)23/h3-6H,7-8H2,1-2H3. The zero-order valence-corrected chi connectivity index (χ0v) is 14.0. The monoisotopic (exact) mass is 358 g/mol. The molecule has 0 saturated carbocycles. The summed E-state index contributed by atoms with van der Waals surface area (Å²) in [6.45, 7) is 2.03. The SMILES string of the molecule is Cc1nn(CC(=O)OCN2C(=O)c3ccccc3C2=O)c(C)c1[N+](=O)[O-]. The Labute approximate surface area is 147 Å². The van der Waals surface area contributed by atoms with Crippen LogP contribution in [0.5, 0.6) is 0 Å². The minimum atomic E-state index is -0.776. The highest BCUT2D eigenvalue weighted by Crippen LogP contribution is 2.23. The molecule has 26 heavy (non-hydrogen) atoms. The van der Waals surface area contributed by atoms with Gasteiger partial charge in [-0.3, -0.25) is 24.4 Å². The van der Waals surface area contributed by atoms with Crippen LogP contribution < -0.4 is 0 Å². The van der Waals surface area contributed by atoms with E-state index in [1.165, 1.54) is 26.0 Å². The molecule has 3 rings (SSSR count). The molecule has 0 aliphatic carbocycles. The topological polar surface area (TPSA) is 125 Å². The van der Waals surface area contributed by atoms with E-state index in [1.807, 2.05) is 0 Å². The molecule has 10 nitrogen and oxygen atoms in total. The number of nitrogens with zero attached hydrogens (tertiary/aromatic N) is 4. The molecule has 0 bridgehead atoms. The number of aromatic nitrogens is 2. The molecule has 0 spiro atoms. The van der Waals surface area contributed by atoms with Crippen LogP contribution >= 0.6 is 0 Å². The lowest BCUT2D eigenvalue weighted by atomic mass is 10.1. The van der Waals surface area contributed by atoms with E-state index in [2.05, 4.69) is 5.10 Å². The molecule has 1 aromatic carbocycles. The van der Waals surface area contributed by atoms with Gasteiger partial charge in [-0.05, 0) is 26.0 Å². The van der Waals surface area contributed by atoms with Gasteiger partial charge in [0.1, 0.15) is 17.9 Å². The summed E-state index contributed by atoms with van der Waals surface area (Å²) in [6.07, 6.45) is 0. The maximum absolute atomic E-state index is 12.2. The van der Waals surface area contributed by atoms with Crippen molar-refractivity contribution in [3.8, 4) is 0 Å². The van der Waals surface area contributed by atoms with E-state index in [0.717, 1.165) is 9.58 Å². The van der Waals surface area contributed by atoms with Crippen molar-refractivity contribution in [2.75, 3.05) is 6.73 Å². The quantitative estimate of drug-likeness (QED) is 0.340. The van der Waals surface area contributed by atoms with Crippen LogP contribution in [-0.4, -0.2) is 44.1 Å². The number of benzene rings is 1. The smallest absolute Gasteiger partial charge is 0.329 e. The van der Waals surface area contributed by atoms with Gasteiger partial charge in [0.25, 0.3) is 11.8 Å². The van der Waals surface area contributed by atoms with Gasteiger partial charge in [-0.15, -0.1) is 0 Å². The van der Waals surface area contributed by atoms with Gasteiger partial charge in [0.15, 0.2) is 6.73 Å². The van der Waals surface area contributed by atoms with Crippen molar-refractivity contribution < 1.29 is 24.0 Å². The summed E-state index contributed by atoms with van der Waals surface area (Å²) in [7, 11) is 0.